The van der Waals surface area contributed by atoms with Gasteiger partial charge in [0.25, 0.3) is 0 Å². The fourth-order valence-corrected chi connectivity index (χ4v) is 2.36. The van der Waals surface area contributed by atoms with E-state index < -0.39 is 0 Å². The first kappa shape index (κ1) is 14.2. The molecule has 0 aliphatic carbocycles. The second-order valence-corrected chi connectivity index (χ2v) is 6.21. The van der Waals surface area contributed by atoms with Gasteiger partial charge in [-0.2, -0.15) is 0 Å². The Hall–Kier alpha value is -0.820. The highest BCUT2D eigenvalue weighted by Gasteiger charge is 2.32. The highest BCUT2D eigenvalue weighted by Crippen LogP contribution is 2.36. The zero-order valence-electron chi connectivity index (χ0n) is 11.9. The SMILES string of the molecule is CCC(C)C(c1ccccc1)C(N)C(C)(C)C. The van der Waals surface area contributed by atoms with E-state index in [1.165, 1.54) is 12.0 Å². The highest BCUT2D eigenvalue weighted by molar-refractivity contribution is 5.22. The van der Waals surface area contributed by atoms with Crippen molar-refractivity contribution in [3.05, 3.63) is 35.9 Å². The molecule has 0 spiro atoms. The van der Waals surface area contributed by atoms with Gasteiger partial charge in [-0.3, -0.25) is 0 Å². The molecular formula is C16H27N. The van der Waals surface area contributed by atoms with E-state index in [4.69, 9.17) is 5.73 Å². The first-order chi connectivity index (χ1) is 7.88. The van der Waals surface area contributed by atoms with Gasteiger partial charge in [-0.25, -0.2) is 0 Å². The lowest BCUT2D eigenvalue weighted by atomic mass is 9.71. The van der Waals surface area contributed by atoms with Gasteiger partial charge in [-0.05, 0) is 16.9 Å². The summed E-state index contributed by atoms with van der Waals surface area (Å²) in [5.41, 5.74) is 8.03. The van der Waals surface area contributed by atoms with Crippen LogP contribution in [0.4, 0.5) is 0 Å². The van der Waals surface area contributed by atoms with Crippen molar-refractivity contribution in [1.29, 1.82) is 0 Å². The maximum absolute atomic E-state index is 6.50. The van der Waals surface area contributed by atoms with Gasteiger partial charge < -0.3 is 5.73 Å². The van der Waals surface area contributed by atoms with Crippen LogP contribution in [0.25, 0.3) is 0 Å². The number of nitrogens with two attached hydrogens (primary N) is 1. The minimum atomic E-state index is 0.143. The predicted molar refractivity (Wildman–Crippen MR) is 76.1 cm³/mol. The molecule has 0 aliphatic heterocycles. The number of benzene rings is 1. The summed E-state index contributed by atoms with van der Waals surface area (Å²) < 4.78 is 0. The lowest BCUT2D eigenvalue weighted by Crippen LogP contribution is -2.42. The summed E-state index contributed by atoms with van der Waals surface area (Å²) in [5, 5.41) is 0. The molecule has 0 fully saturated rings. The third-order valence-electron chi connectivity index (χ3n) is 3.83. The van der Waals surface area contributed by atoms with Crippen LogP contribution in [-0.4, -0.2) is 6.04 Å². The number of hydrogen-bond acceptors (Lipinski definition) is 1. The zero-order chi connectivity index (χ0) is 13.1. The number of hydrogen-bond donors (Lipinski definition) is 1. The van der Waals surface area contributed by atoms with E-state index in [1.54, 1.807) is 0 Å². The van der Waals surface area contributed by atoms with E-state index in [1.807, 2.05) is 0 Å². The van der Waals surface area contributed by atoms with Crippen LogP contribution in [0.2, 0.25) is 0 Å². The first-order valence-corrected chi connectivity index (χ1v) is 6.68. The minimum Gasteiger partial charge on any atom is -0.327 e. The average Bonchev–Trinajstić information content (AvgIpc) is 2.29. The normalized spacial score (nSPS) is 17.5. The Labute approximate surface area is 106 Å². The van der Waals surface area contributed by atoms with Gasteiger partial charge in [0.15, 0.2) is 0 Å². The smallest absolute Gasteiger partial charge is 0.0159 e. The van der Waals surface area contributed by atoms with Gasteiger partial charge >= 0.3 is 0 Å². The lowest BCUT2D eigenvalue weighted by molar-refractivity contribution is 0.237. The topological polar surface area (TPSA) is 26.0 Å². The Kier molecular flexibility index (Phi) is 4.76. The quantitative estimate of drug-likeness (QED) is 0.829. The van der Waals surface area contributed by atoms with Crippen LogP contribution in [0, 0.1) is 11.3 Å². The van der Waals surface area contributed by atoms with Gasteiger partial charge in [0.2, 0.25) is 0 Å². The molecule has 3 unspecified atom stereocenters. The van der Waals surface area contributed by atoms with E-state index in [2.05, 4.69) is 65.0 Å². The summed E-state index contributed by atoms with van der Waals surface area (Å²) in [7, 11) is 0. The van der Waals surface area contributed by atoms with E-state index in [9.17, 15) is 0 Å². The van der Waals surface area contributed by atoms with Crippen molar-refractivity contribution < 1.29 is 0 Å². The molecule has 0 amide bonds. The van der Waals surface area contributed by atoms with E-state index in [-0.39, 0.29) is 11.5 Å². The predicted octanol–water partition coefficient (Wildman–Crippen LogP) is 4.19. The second-order valence-electron chi connectivity index (χ2n) is 6.21. The van der Waals surface area contributed by atoms with Crippen LogP contribution in [0.15, 0.2) is 30.3 Å². The minimum absolute atomic E-state index is 0.143. The Morgan fingerprint density at radius 1 is 1.12 bits per heavy atom. The van der Waals surface area contributed by atoms with Crippen molar-refractivity contribution in [3.63, 3.8) is 0 Å². The van der Waals surface area contributed by atoms with Crippen LogP contribution in [-0.2, 0) is 0 Å². The maximum atomic E-state index is 6.50. The van der Waals surface area contributed by atoms with Crippen molar-refractivity contribution in [2.75, 3.05) is 0 Å². The molecule has 3 atom stereocenters. The third kappa shape index (κ3) is 3.57. The molecule has 0 heterocycles. The van der Waals surface area contributed by atoms with Crippen LogP contribution < -0.4 is 5.73 Å². The maximum Gasteiger partial charge on any atom is 0.0159 e. The van der Waals surface area contributed by atoms with Crippen molar-refractivity contribution in [2.45, 2.75) is 53.0 Å². The van der Waals surface area contributed by atoms with E-state index in [0.29, 0.717) is 11.8 Å². The molecule has 17 heavy (non-hydrogen) atoms. The summed E-state index contributed by atoms with van der Waals surface area (Å²) in [6.07, 6.45) is 1.17. The second kappa shape index (κ2) is 5.68. The first-order valence-electron chi connectivity index (χ1n) is 6.68. The monoisotopic (exact) mass is 233 g/mol. The highest BCUT2D eigenvalue weighted by atomic mass is 14.7. The number of rotatable bonds is 4. The van der Waals surface area contributed by atoms with E-state index in [0.717, 1.165) is 0 Å². The molecule has 0 saturated heterocycles. The molecule has 96 valence electrons. The Morgan fingerprint density at radius 3 is 2.06 bits per heavy atom. The lowest BCUT2D eigenvalue weighted by Gasteiger charge is -2.37. The standard InChI is InChI=1S/C16H27N/c1-6-12(2)14(15(17)16(3,4)5)13-10-8-7-9-11-13/h7-12,14-15H,6,17H2,1-5H3. The summed E-state index contributed by atoms with van der Waals surface area (Å²) in [6, 6.07) is 10.9. The van der Waals surface area contributed by atoms with Gasteiger partial charge in [0.1, 0.15) is 0 Å². The fraction of sp³-hybridized carbons (Fsp3) is 0.625. The molecule has 0 radical (unpaired) electrons. The Morgan fingerprint density at radius 2 is 1.65 bits per heavy atom. The molecule has 0 aromatic heterocycles. The van der Waals surface area contributed by atoms with Crippen molar-refractivity contribution in [1.82, 2.24) is 0 Å². The largest absolute Gasteiger partial charge is 0.327 e. The molecule has 0 saturated carbocycles. The molecule has 1 heteroatoms. The summed E-state index contributed by atoms with van der Waals surface area (Å²) in [5.74, 6) is 1.06. The zero-order valence-corrected chi connectivity index (χ0v) is 11.9. The fourth-order valence-electron chi connectivity index (χ4n) is 2.36. The van der Waals surface area contributed by atoms with Crippen LogP contribution in [0.5, 0.6) is 0 Å². The average molecular weight is 233 g/mol. The molecule has 0 bridgehead atoms. The summed E-state index contributed by atoms with van der Waals surface area (Å²) >= 11 is 0. The Balaban J connectivity index is 3.05. The molecule has 1 nitrogen and oxygen atoms in total. The molecule has 1 aromatic carbocycles. The van der Waals surface area contributed by atoms with Gasteiger partial charge in [0, 0.05) is 12.0 Å². The summed E-state index contributed by atoms with van der Waals surface area (Å²) in [6.45, 7) is 11.3. The molecular weight excluding hydrogens is 206 g/mol. The molecule has 2 N–H and O–H groups in total. The van der Waals surface area contributed by atoms with Gasteiger partial charge in [-0.1, -0.05) is 71.4 Å². The van der Waals surface area contributed by atoms with Crippen LogP contribution in [0.1, 0.15) is 52.5 Å². The molecule has 1 rings (SSSR count). The van der Waals surface area contributed by atoms with Gasteiger partial charge in [-0.15, -0.1) is 0 Å². The summed E-state index contributed by atoms with van der Waals surface area (Å²) in [4.78, 5) is 0. The van der Waals surface area contributed by atoms with Crippen molar-refractivity contribution in [3.8, 4) is 0 Å². The van der Waals surface area contributed by atoms with Crippen molar-refractivity contribution in [2.24, 2.45) is 17.1 Å². The molecule has 1 aromatic rings. The Bertz CT molecular complexity index is 323. The van der Waals surface area contributed by atoms with E-state index >= 15 is 0 Å². The van der Waals surface area contributed by atoms with Crippen LogP contribution in [0.3, 0.4) is 0 Å². The van der Waals surface area contributed by atoms with Gasteiger partial charge in [0.05, 0.1) is 0 Å². The van der Waals surface area contributed by atoms with Crippen molar-refractivity contribution >= 4 is 0 Å². The molecule has 0 aliphatic rings. The van der Waals surface area contributed by atoms with Crippen LogP contribution >= 0.6 is 0 Å². The third-order valence-corrected chi connectivity index (χ3v) is 3.83.